The third-order valence-electron chi connectivity index (χ3n) is 2.45. The number of rotatable bonds is 7. The van der Waals surface area contributed by atoms with E-state index in [1.165, 1.54) is 0 Å². The van der Waals surface area contributed by atoms with Crippen LogP contribution in [-0.2, 0) is 0 Å². The molecule has 0 saturated carbocycles. The van der Waals surface area contributed by atoms with Crippen LogP contribution in [0.5, 0.6) is 11.5 Å². The van der Waals surface area contributed by atoms with Crippen LogP contribution in [0.2, 0.25) is 0 Å². The standard InChI is InChI=1S/C15H23N3O2.HI/c1-5-10-17-15(16-6-2)18-12-8-9-13(20-7-3)14(11-12)19-4;/h5,8-9,11H,1,6-7,10H2,2-4H3,(H2,16,17,18);1H. The van der Waals surface area contributed by atoms with Gasteiger partial charge in [-0.3, -0.25) is 0 Å². The number of aliphatic imine (C=N–C) groups is 1. The van der Waals surface area contributed by atoms with Crippen molar-refractivity contribution in [2.45, 2.75) is 13.8 Å². The summed E-state index contributed by atoms with van der Waals surface area (Å²) in [5.74, 6) is 2.13. The van der Waals surface area contributed by atoms with Gasteiger partial charge >= 0.3 is 0 Å². The van der Waals surface area contributed by atoms with Gasteiger partial charge in [0, 0.05) is 18.3 Å². The van der Waals surface area contributed by atoms with E-state index in [2.05, 4.69) is 22.2 Å². The Morgan fingerprint density at radius 1 is 1.33 bits per heavy atom. The molecule has 0 amide bonds. The lowest BCUT2D eigenvalue weighted by molar-refractivity contribution is 0.311. The summed E-state index contributed by atoms with van der Waals surface area (Å²) in [6, 6.07) is 5.68. The van der Waals surface area contributed by atoms with Crippen molar-refractivity contribution in [2.75, 3.05) is 32.1 Å². The van der Waals surface area contributed by atoms with E-state index in [1.54, 1.807) is 13.2 Å². The molecule has 0 bridgehead atoms. The molecule has 0 aliphatic rings. The van der Waals surface area contributed by atoms with Gasteiger partial charge in [-0.15, -0.1) is 30.6 Å². The molecule has 0 unspecified atom stereocenters. The minimum atomic E-state index is 0. The van der Waals surface area contributed by atoms with Gasteiger partial charge in [-0.2, -0.15) is 0 Å². The molecule has 21 heavy (non-hydrogen) atoms. The highest BCUT2D eigenvalue weighted by atomic mass is 127. The fourth-order valence-electron chi connectivity index (χ4n) is 1.62. The van der Waals surface area contributed by atoms with Gasteiger partial charge in [-0.25, -0.2) is 4.99 Å². The van der Waals surface area contributed by atoms with Crippen molar-refractivity contribution in [3.8, 4) is 11.5 Å². The Morgan fingerprint density at radius 3 is 2.67 bits per heavy atom. The molecule has 2 N–H and O–H groups in total. The topological polar surface area (TPSA) is 54.9 Å². The molecule has 0 heterocycles. The number of guanidine groups is 1. The summed E-state index contributed by atoms with van der Waals surface area (Å²) in [4.78, 5) is 4.35. The summed E-state index contributed by atoms with van der Waals surface area (Å²) in [7, 11) is 1.62. The molecule has 1 aromatic rings. The number of methoxy groups -OCH3 is 1. The van der Waals surface area contributed by atoms with Crippen molar-refractivity contribution in [3.63, 3.8) is 0 Å². The predicted octanol–water partition coefficient (Wildman–Crippen LogP) is 3.28. The van der Waals surface area contributed by atoms with Gasteiger partial charge in [-0.05, 0) is 26.0 Å². The summed E-state index contributed by atoms with van der Waals surface area (Å²) in [5, 5.41) is 6.38. The van der Waals surface area contributed by atoms with E-state index in [9.17, 15) is 0 Å². The highest BCUT2D eigenvalue weighted by Crippen LogP contribution is 2.30. The molecule has 0 aliphatic carbocycles. The van der Waals surface area contributed by atoms with Gasteiger partial charge < -0.3 is 20.1 Å². The van der Waals surface area contributed by atoms with E-state index < -0.39 is 0 Å². The zero-order valence-electron chi connectivity index (χ0n) is 12.8. The van der Waals surface area contributed by atoms with E-state index in [-0.39, 0.29) is 24.0 Å². The molecule has 0 aromatic heterocycles. The third-order valence-corrected chi connectivity index (χ3v) is 2.45. The Kier molecular flexibility index (Phi) is 10.5. The fourth-order valence-corrected chi connectivity index (χ4v) is 1.62. The smallest absolute Gasteiger partial charge is 0.196 e. The van der Waals surface area contributed by atoms with E-state index >= 15 is 0 Å². The summed E-state index contributed by atoms with van der Waals surface area (Å²) >= 11 is 0. The first-order valence-electron chi connectivity index (χ1n) is 6.72. The van der Waals surface area contributed by atoms with Crippen LogP contribution in [0.15, 0.2) is 35.8 Å². The Labute approximate surface area is 143 Å². The van der Waals surface area contributed by atoms with Gasteiger partial charge in [0.05, 0.1) is 20.3 Å². The molecule has 1 rings (SSSR count). The number of ether oxygens (including phenoxy) is 2. The van der Waals surface area contributed by atoms with Crippen molar-refractivity contribution in [1.29, 1.82) is 0 Å². The van der Waals surface area contributed by atoms with Crippen LogP contribution in [0.3, 0.4) is 0 Å². The van der Waals surface area contributed by atoms with E-state index in [0.29, 0.717) is 24.9 Å². The van der Waals surface area contributed by atoms with Crippen LogP contribution in [0, 0.1) is 0 Å². The number of hydrogen-bond acceptors (Lipinski definition) is 3. The largest absolute Gasteiger partial charge is 0.493 e. The predicted molar refractivity (Wildman–Crippen MR) is 99.4 cm³/mol. The lowest BCUT2D eigenvalue weighted by Gasteiger charge is -2.14. The lowest BCUT2D eigenvalue weighted by atomic mass is 10.2. The molecule has 1 aromatic carbocycles. The maximum atomic E-state index is 5.49. The molecule has 0 aliphatic heterocycles. The average molecular weight is 405 g/mol. The summed E-state index contributed by atoms with van der Waals surface area (Å²) in [5.41, 5.74) is 0.883. The van der Waals surface area contributed by atoms with E-state index in [4.69, 9.17) is 9.47 Å². The van der Waals surface area contributed by atoms with Gasteiger partial charge in [0.1, 0.15) is 0 Å². The van der Waals surface area contributed by atoms with Crippen LogP contribution in [0.1, 0.15) is 13.8 Å². The summed E-state index contributed by atoms with van der Waals surface area (Å²) in [6.45, 7) is 9.57. The SMILES string of the molecule is C=CCN=C(NCC)Nc1ccc(OCC)c(OC)c1.I. The molecule has 0 radical (unpaired) electrons. The highest BCUT2D eigenvalue weighted by Gasteiger charge is 2.06. The Bertz CT molecular complexity index is 464. The van der Waals surface area contributed by atoms with E-state index in [0.717, 1.165) is 18.0 Å². The molecule has 6 heteroatoms. The minimum Gasteiger partial charge on any atom is -0.493 e. The van der Waals surface area contributed by atoms with Crippen molar-refractivity contribution in [2.24, 2.45) is 4.99 Å². The zero-order valence-corrected chi connectivity index (χ0v) is 15.1. The first-order chi connectivity index (χ1) is 9.74. The van der Waals surface area contributed by atoms with Crippen molar-refractivity contribution in [3.05, 3.63) is 30.9 Å². The molecular formula is C15H24IN3O2. The maximum Gasteiger partial charge on any atom is 0.196 e. The normalized spacial score (nSPS) is 10.3. The first-order valence-corrected chi connectivity index (χ1v) is 6.72. The Balaban J connectivity index is 0.00000400. The summed E-state index contributed by atoms with van der Waals surface area (Å²) < 4.78 is 10.8. The number of halogens is 1. The average Bonchev–Trinajstić information content (AvgIpc) is 2.46. The quantitative estimate of drug-likeness (QED) is 0.317. The molecule has 118 valence electrons. The molecular weight excluding hydrogens is 381 g/mol. The molecule has 0 fully saturated rings. The number of anilines is 1. The maximum absolute atomic E-state index is 5.49. The van der Waals surface area contributed by atoms with Crippen molar-refractivity contribution < 1.29 is 9.47 Å². The van der Waals surface area contributed by atoms with E-state index in [1.807, 2.05) is 32.0 Å². The van der Waals surface area contributed by atoms with Crippen LogP contribution in [0.25, 0.3) is 0 Å². The molecule has 5 nitrogen and oxygen atoms in total. The van der Waals surface area contributed by atoms with Gasteiger partial charge in [0.15, 0.2) is 17.5 Å². The molecule has 0 atom stereocenters. The second-order valence-corrected chi connectivity index (χ2v) is 3.93. The highest BCUT2D eigenvalue weighted by molar-refractivity contribution is 14.0. The first kappa shape index (κ1) is 19.6. The van der Waals surface area contributed by atoms with Gasteiger partial charge in [0.25, 0.3) is 0 Å². The van der Waals surface area contributed by atoms with Crippen LogP contribution in [0.4, 0.5) is 5.69 Å². The molecule has 0 spiro atoms. The zero-order chi connectivity index (χ0) is 14.8. The monoisotopic (exact) mass is 405 g/mol. The second-order valence-electron chi connectivity index (χ2n) is 3.93. The Morgan fingerprint density at radius 2 is 2.10 bits per heavy atom. The lowest BCUT2D eigenvalue weighted by Crippen LogP contribution is -2.30. The second kappa shape index (κ2) is 11.2. The van der Waals surface area contributed by atoms with Crippen LogP contribution >= 0.6 is 24.0 Å². The number of hydrogen-bond donors (Lipinski definition) is 2. The van der Waals surface area contributed by atoms with Crippen LogP contribution in [-0.4, -0.2) is 32.8 Å². The van der Waals surface area contributed by atoms with Crippen molar-refractivity contribution >= 4 is 35.6 Å². The van der Waals surface area contributed by atoms with Gasteiger partial charge in [0.2, 0.25) is 0 Å². The Hall–Kier alpha value is -1.44. The molecule has 0 saturated heterocycles. The van der Waals surface area contributed by atoms with Crippen molar-refractivity contribution in [1.82, 2.24) is 5.32 Å². The minimum absolute atomic E-state index is 0. The number of benzene rings is 1. The summed E-state index contributed by atoms with van der Waals surface area (Å²) in [6.07, 6.45) is 1.75. The third kappa shape index (κ3) is 6.70. The fraction of sp³-hybridized carbons (Fsp3) is 0.400. The number of nitrogens with one attached hydrogen (secondary N) is 2. The number of nitrogens with zero attached hydrogens (tertiary/aromatic N) is 1. The van der Waals surface area contributed by atoms with Crippen LogP contribution < -0.4 is 20.1 Å². The van der Waals surface area contributed by atoms with Gasteiger partial charge in [-0.1, -0.05) is 6.08 Å².